The summed E-state index contributed by atoms with van der Waals surface area (Å²) in [6.45, 7) is 2.43. The molecule has 0 saturated heterocycles. The number of hydrogen-bond donors (Lipinski definition) is 1. The molecule has 0 saturated carbocycles. The molecule has 3 rings (SSSR count). The van der Waals surface area contributed by atoms with Gasteiger partial charge in [-0.05, 0) is 61.5 Å². The Morgan fingerprint density at radius 2 is 1.66 bits per heavy atom. The van der Waals surface area contributed by atoms with Gasteiger partial charge in [0.25, 0.3) is 15.9 Å². The highest BCUT2D eigenvalue weighted by Crippen LogP contribution is 2.24. The second-order valence-electron chi connectivity index (χ2n) is 6.25. The Bertz CT molecular complexity index is 1080. The summed E-state index contributed by atoms with van der Waals surface area (Å²) in [7, 11) is -2.27. The number of sulfonamides is 1. The van der Waals surface area contributed by atoms with Crippen LogP contribution in [0.4, 0.5) is 11.4 Å². The zero-order valence-electron chi connectivity index (χ0n) is 16.2. The quantitative estimate of drug-likeness (QED) is 0.635. The largest absolute Gasteiger partial charge is 0.494 e. The van der Waals surface area contributed by atoms with E-state index in [0.717, 1.165) is 0 Å². The fraction of sp³-hybridized carbons (Fsp3) is 0.136. The van der Waals surface area contributed by atoms with Gasteiger partial charge in [0.2, 0.25) is 0 Å². The Balaban J connectivity index is 1.79. The van der Waals surface area contributed by atoms with Gasteiger partial charge in [0.05, 0.1) is 17.2 Å². The first-order valence-corrected chi connectivity index (χ1v) is 10.5. The van der Waals surface area contributed by atoms with E-state index in [1.807, 2.05) is 13.0 Å². The van der Waals surface area contributed by atoms with Gasteiger partial charge in [0, 0.05) is 18.3 Å². The molecule has 0 heterocycles. The van der Waals surface area contributed by atoms with Crippen LogP contribution in [-0.2, 0) is 10.0 Å². The average molecular weight is 410 g/mol. The molecule has 6 nitrogen and oxygen atoms in total. The normalized spacial score (nSPS) is 11.0. The second kappa shape index (κ2) is 8.79. The lowest BCUT2D eigenvalue weighted by molar-refractivity contribution is 0.102. The lowest BCUT2D eigenvalue weighted by atomic mass is 10.2. The summed E-state index contributed by atoms with van der Waals surface area (Å²) < 4.78 is 32.5. The van der Waals surface area contributed by atoms with E-state index in [-0.39, 0.29) is 10.8 Å². The molecule has 0 aliphatic heterocycles. The highest BCUT2D eigenvalue weighted by Gasteiger charge is 2.21. The molecule has 0 aliphatic rings. The SMILES string of the molecule is CCOc1ccc(C(=O)Nc2cccc(S(=O)(=O)N(C)c3ccccc3)c2)cc1. The number of para-hydroxylation sites is 1. The monoisotopic (exact) mass is 410 g/mol. The van der Waals surface area contributed by atoms with Crippen molar-refractivity contribution in [1.82, 2.24) is 0 Å². The molecule has 0 aromatic heterocycles. The Morgan fingerprint density at radius 3 is 2.31 bits per heavy atom. The predicted molar refractivity (Wildman–Crippen MR) is 114 cm³/mol. The van der Waals surface area contributed by atoms with Crippen molar-refractivity contribution in [2.24, 2.45) is 0 Å². The lowest BCUT2D eigenvalue weighted by Gasteiger charge is -2.20. The van der Waals surface area contributed by atoms with Crippen molar-refractivity contribution in [3.63, 3.8) is 0 Å². The summed E-state index contributed by atoms with van der Waals surface area (Å²) in [5, 5.41) is 2.74. The van der Waals surface area contributed by atoms with Crippen molar-refractivity contribution in [2.75, 3.05) is 23.3 Å². The van der Waals surface area contributed by atoms with Gasteiger partial charge in [-0.3, -0.25) is 9.10 Å². The first-order valence-electron chi connectivity index (χ1n) is 9.10. The van der Waals surface area contributed by atoms with Crippen molar-refractivity contribution in [1.29, 1.82) is 0 Å². The van der Waals surface area contributed by atoms with Crippen LogP contribution in [0.5, 0.6) is 5.75 Å². The van der Waals surface area contributed by atoms with Gasteiger partial charge in [-0.2, -0.15) is 0 Å². The fourth-order valence-electron chi connectivity index (χ4n) is 2.74. The summed E-state index contributed by atoms with van der Waals surface area (Å²) >= 11 is 0. The molecule has 0 bridgehead atoms. The number of rotatable bonds is 7. The molecule has 0 radical (unpaired) electrons. The molecule has 0 fully saturated rings. The van der Waals surface area contributed by atoms with Gasteiger partial charge in [-0.1, -0.05) is 24.3 Å². The van der Waals surface area contributed by atoms with Crippen molar-refractivity contribution < 1.29 is 17.9 Å². The maximum Gasteiger partial charge on any atom is 0.264 e. The summed E-state index contributed by atoms with van der Waals surface area (Å²) in [6.07, 6.45) is 0. The molecule has 1 amide bonds. The number of nitrogens with one attached hydrogen (secondary N) is 1. The Morgan fingerprint density at radius 1 is 0.966 bits per heavy atom. The van der Waals surface area contributed by atoms with Gasteiger partial charge in [-0.25, -0.2) is 8.42 Å². The maximum atomic E-state index is 12.9. The smallest absolute Gasteiger partial charge is 0.264 e. The van der Waals surface area contributed by atoms with E-state index >= 15 is 0 Å². The Kier molecular flexibility index (Phi) is 6.19. The predicted octanol–water partition coefficient (Wildman–Crippen LogP) is 4.16. The molecule has 0 unspecified atom stereocenters. The van der Waals surface area contributed by atoms with Gasteiger partial charge in [0.15, 0.2) is 0 Å². The molecule has 0 atom stereocenters. The van der Waals surface area contributed by atoms with Crippen LogP contribution in [0.3, 0.4) is 0 Å². The second-order valence-corrected chi connectivity index (χ2v) is 8.22. The molecule has 0 spiro atoms. The molecule has 3 aromatic rings. The van der Waals surface area contributed by atoms with Crippen LogP contribution in [0.2, 0.25) is 0 Å². The molecule has 29 heavy (non-hydrogen) atoms. The zero-order chi connectivity index (χ0) is 20.9. The van der Waals surface area contributed by atoms with E-state index < -0.39 is 10.0 Å². The number of benzene rings is 3. The van der Waals surface area contributed by atoms with Crippen molar-refractivity contribution in [2.45, 2.75) is 11.8 Å². The van der Waals surface area contributed by atoms with Crippen LogP contribution in [0, 0.1) is 0 Å². The number of amides is 1. The van der Waals surface area contributed by atoms with E-state index in [1.165, 1.54) is 23.5 Å². The third kappa shape index (κ3) is 4.75. The van der Waals surface area contributed by atoms with E-state index in [4.69, 9.17) is 4.74 Å². The Labute approximate surface area is 170 Å². The van der Waals surface area contributed by atoms with E-state index in [9.17, 15) is 13.2 Å². The summed E-state index contributed by atoms with van der Waals surface area (Å²) in [5.41, 5.74) is 1.39. The van der Waals surface area contributed by atoms with Crippen LogP contribution >= 0.6 is 0 Å². The highest BCUT2D eigenvalue weighted by molar-refractivity contribution is 7.92. The minimum atomic E-state index is -3.76. The molecule has 0 aliphatic carbocycles. The number of nitrogens with zero attached hydrogens (tertiary/aromatic N) is 1. The molecule has 7 heteroatoms. The van der Waals surface area contributed by atoms with Crippen LogP contribution in [0.25, 0.3) is 0 Å². The van der Waals surface area contributed by atoms with Crippen molar-refractivity contribution in [3.8, 4) is 5.75 Å². The minimum Gasteiger partial charge on any atom is -0.494 e. The van der Waals surface area contributed by atoms with Gasteiger partial charge in [-0.15, -0.1) is 0 Å². The van der Waals surface area contributed by atoms with Gasteiger partial charge < -0.3 is 10.1 Å². The topological polar surface area (TPSA) is 75.7 Å². The molecular formula is C22H22N2O4S. The number of anilines is 2. The van der Waals surface area contributed by atoms with Crippen molar-refractivity contribution in [3.05, 3.63) is 84.4 Å². The fourth-order valence-corrected chi connectivity index (χ4v) is 3.98. The third-order valence-electron chi connectivity index (χ3n) is 4.30. The van der Waals surface area contributed by atoms with Crippen LogP contribution in [0.15, 0.2) is 83.8 Å². The molecule has 150 valence electrons. The molecular weight excluding hydrogens is 388 g/mol. The number of carbonyl (C=O) groups is 1. The first kappa shape index (κ1) is 20.4. The van der Waals surface area contributed by atoms with Crippen LogP contribution < -0.4 is 14.4 Å². The van der Waals surface area contributed by atoms with E-state index in [2.05, 4.69) is 5.32 Å². The number of ether oxygens (including phenoxy) is 1. The third-order valence-corrected chi connectivity index (χ3v) is 6.08. The van der Waals surface area contributed by atoms with Gasteiger partial charge >= 0.3 is 0 Å². The summed E-state index contributed by atoms with van der Waals surface area (Å²) in [4.78, 5) is 12.6. The van der Waals surface area contributed by atoms with Gasteiger partial charge in [0.1, 0.15) is 5.75 Å². The van der Waals surface area contributed by atoms with Crippen molar-refractivity contribution >= 4 is 27.3 Å². The Hall–Kier alpha value is -3.32. The number of hydrogen-bond acceptors (Lipinski definition) is 4. The molecule has 1 N–H and O–H groups in total. The number of carbonyl (C=O) groups excluding carboxylic acids is 1. The zero-order valence-corrected chi connectivity index (χ0v) is 17.0. The summed E-state index contributed by atoms with van der Waals surface area (Å²) in [5.74, 6) is 0.347. The first-order chi connectivity index (χ1) is 13.9. The molecule has 3 aromatic carbocycles. The average Bonchev–Trinajstić information content (AvgIpc) is 2.74. The lowest BCUT2D eigenvalue weighted by Crippen LogP contribution is -2.26. The van der Waals surface area contributed by atoms with Crippen LogP contribution in [0.1, 0.15) is 17.3 Å². The minimum absolute atomic E-state index is 0.0911. The standard InChI is InChI=1S/C22H22N2O4S/c1-3-28-20-14-12-17(13-15-20)22(25)23-18-8-7-11-21(16-18)29(26,27)24(2)19-9-5-4-6-10-19/h4-16H,3H2,1-2H3,(H,23,25). The van der Waals surface area contributed by atoms with Crippen LogP contribution in [-0.4, -0.2) is 28.0 Å². The highest BCUT2D eigenvalue weighted by atomic mass is 32.2. The summed E-state index contributed by atoms with van der Waals surface area (Å²) in [6, 6.07) is 21.7. The van der Waals surface area contributed by atoms with E-state index in [0.29, 0.717) is 29.3 Å². The van der Waals surface area contributed by atoms with E-state index in [1.54, 1.807) is 60.7 Å². The maximum absolute atomic E-state index is 12.9.